The maximum Gasteiger partial charge on any atom is 0.309 e. The average molecular weight is 574 g/mol. The van der Waals surface area contributed by atoms with Gasteiger partial charge >= 0.3 is 5.97 Å². The third kappa shape index (κ3) is 5.44. The van der Waals surface area contributed by atoms with E-state index in [0.29, 0.717) is 58.5 Å². The van der Waals surface area contributed by atoms with Gasteiger partial charge in [0.15, 0.2) is 0 Å². The van der Waals surface area contributed by atoms with Crippen LogP contribution in [-0.2, 0) is 9.53 Å². The van der Waals surface area contributed by atoms with Gasteiger partial charge in [0.2, 0.25) is 0 Å². The maximum atomic E-state index is 14.2. The lowest BCUT2D eigenvalue weighted by Crippen LogP contribution is -2.48. The van der Waals surface area contributed by atoms with E-state index in [2.05, 4.69) is 6.92 Å². The number of ether oxygens (including phenoxy) is 1. The number of rotatable bonds is 5. The van der Waals surface area contributed by atoms with Crippen LogP contribution in [0.25, 0.3) is 16.5 Å². The molecule has 3 aromatic rings. The number of hydrogen-bond acceptors (Lipinski definition) is 5. The van der Waals surface area contributed by atoms with Crippen molar-refractivity contribution in [3.05, 3.63) is 69.9 Å². The fourth-order valence-electron chi connectivity index (χ4n) is 5.94. The molecule has 0 bridgehead atoms. The Morgan fingerprint density at radius 3 is 2.41 bits per heavy atom. The van der Waals surface area contributed by atoms with Crippen molar-refractivity contribution in [1.82, 2.24) is 14.7 Å². The highest BCUT2D eigenvalue weighted by molar-refractivity contribution is 6.34. The molecule has 8 heteroatoms. The molecule has 1 saturated carbocycles. The summed E-state index contributed by atoms with van der Waals surface area (Å²) in [6.45, 7) is 9.21. The van der Waals surface area contributed by atoms with Gasteiger partial charge in [0.25, 0.3) is 11.8 Å². The van der Waals surface area contributed by atoms with E-state index in [1.165, 1.54) is 4.68 Å². The lowest BCUT2D eigenvalue weighted by Gasteiger charge is -2.37. The lowest BCUT2D eigenvalue weighted by molar-refractivity contribution is -0.160. The van der Waals surface area contributed by atoms with E-state index >= 15 is 0 Å². The van der Waals surface area contributed by atoms with E-state index in [9.17, 15) is 14.4 Å². The number of halogens is 1. The number of carbonyl (C=O) groups is 3. The number of fused-ring (bicyclic) bond motifs is 1. The van der Waals surface area contributed by atoms with Crippen molar-refractivity contribution in [2.45, 2.75) is 71.3 Å². The SMILES string of the molecule is CC1CN(C(=O)c2ccc3c(C4=CC[C@@H](C(=O)OC(C)(C)C)CC4)nn(C(=O)c4c(Cl)cccc4C4CC4)c3c2)C1. The molecule has 2 fully saturated rings. The van der Waals surface area contributed by atoms with Gasteiger partial charge in [-0.3, -0.25) is 14.4 Å². The molecule has 0 radical (unpaired) electrons. The van der Waals surface area contributed by atoms with E-state index < -0.39 is 5.60 Å². The maximum absolute atomic E-state index is 14.2. The normalized spacial score (nSPS) is 19.6. The van der Waals surface area contributed by atoms with Gasteiger partial charge < -0.3 is 9.64 Å². The highest BCUT2D eigenvalue weighted by atomic mass is 35.5. The van der Waals surface area contributed by atoms with Gasteiger partial charge in [0.1, 0.15) is 5.60 Å². The van der Waals surface area contributed by atoms with E-state index in [1.807, 2.05) is 56.0 Å². The first-order valence-electron chi connectivity index (χ1n) is 14.6. The second-order valence-corrected chi connectivity index (χ2v) is 13.2. The quantitative estimate of drug-likeness (QED) is 0.311. The molecule has 1 saturated heterocycles. The summed E-state index contributed by atoms with van der Waals surface area (Å²) in [5.74, 6) is 0.0863. The molecule has 1 aromatic heterocycles. The van der Waals surface area contributed by atoms with Crippen LogP contribution in [0.1, 0.15) is 97.7 Å². The van der Waals surface area contributed by atoms with Crippen molar-refractivity contribution < 1.29 is 19.1 Å². The fraction of sp³-hybridized carbons (Fsp3) is 0.455. The first-order valence-corrected chi connectivity index (χ1v) is 15.0. The zero-order valence-electron chi connectivity index (χ0n) is 24.1. The zero-order chi connectivity index (χ0) is 29.1. The number of benzene rings is 2. The number of amides is 1. The van der Waals surface area contributed by atoms with Crippen LogP contribution in [0.3, 0.4) is 0 Å². The lowest BCUT2D eigenvalue weighted by atomic mass is 9.87. The summed E-state index contributed by atoms with van der Waals surface area (Å²) >= 11 is 6.63. The summed E-state index contributed by atoms with van der Waals surface area (Å²) in [5.41, 5.74) is 3.70. The molecule has 2 aliphatic carbocycles. The van der Waals surface area contributed by atoms with E-state index in [4.69, 9.17) is 21.4 Å². The van der Waals surface area contributed by atoms with E-state index in [0.717, 1.165) is 42.5 Å². The van der Waals surface area contributed by atoms with Crippen LogP contribution in [0.4, 0.5) is 0 Å². The van der Waals surface area contributed by atoms with Crippen LogP contribution in [0, 0.1) is 11.8 Å². The number of aromatic nitrogens is 2. The van der Waals surface area contributed by atoms with Crippen LogP contribution < -0.4 is 0 Å². The number of esters is 1. The van der Waals surface area contributed by atoms with Crippen molar-refractivity contribution in [2.24, 2.45) is 11.8 Å². The molecular weight excluding hydrogens is 538 g/mol. The topological polar surface area (TPSA) is 81.5 Å². The van der Waals surface area contributed by atoms with Crippen molar-refractivity contribution in [3.8, 4) is 0 Å². The molecule has 0 spiro atoms. The highest BCUT2D eigenvalue weighted by Gasteiger charge is 2.33. The van der Waals surface area contributed by atoms with Gasteiger partial charge in [-0.25, -0.2) is 0 Å². The van der Waals surface area contributed by atoms with Crippen molar-refractivity contribution in [1.29, 1.82) is 0 Å². The van der Waals surface area contributed by atoms with E-state index in [1.54, 1.807) is 12.1 Å². The zero-order valence-corrected chi connectivity index (χ0v) is 24.8. The Morgan fingerprint density at radius 1 is 1.02 bits per heavy atom. The summed E-state index contributed by atoms with van der Waals surface area (Å²) in [6, 6.07) is 11.1. The first-order chi connectivity index (χ1) is 19.5. The molecule has 214 valence electrons. The summed E-state index contributed by atoms with van der Waals surface area (Å²) in [5, 5.41) is 6.08. The first kappa shape index (κ1) is 27.7. The Kier molecular flexibility index (Phi) is 7.05. The summed E-state index contributed by atoms with van der Waals surface area (Å²) in [4.78, 5) is 41.9. The second-order valence-electron chi connectivity index (χ2n) is 12.8. The molecule has 0 N–H and O–H groups in total. The van der Waals surface area contributed by atoms with Gasteiger partial charge in [-0.05, 0) is 100 Å². The molecular formula is C33H36ClN3O4. The van der Waals surface area contributed by atoms with Crippen LogP contribution in [0.15, 0.2) is 42.5 Å². The van der Waals surface area contributed by atoms with Gasteiger partial charge in [-0.2, -0.15) is 9.78 Å². The fourth-order valence-corrected chi connectivity index (χ4v) is 6.21. The van der Waals surface area contributed by atoms with Crippen LogP contribution in [-0.4, -0.2) is 51.2 Å². The minimum atomic E-state index is -0.530. The Morgan fingerprint density at radius 2 is 1.78 bits per heavy atom. The summed E-state index contributed by atoms with van der Waals surface area (Å²) in [6.07, 6.45) is 5.93. The van der Waals surface area contributed by atoms with Crippen LogP contribution in [0.5, 0.6) is 0 Å². The van der Waals surface area contributed by atoms with Gasteiger partial charge in [-0.1, -0.05) is 36.7 Å². The highest BCUT2D eigenvalue weighted by Crippen LogP contribution is 2.44. The molecule has 3 aliphatic rings. The molecule has 1 atom stereocenters. The minimum absolute atomic E-state index is 0.0414. The number of likely N-dealkylation sites (tertiary alicyclic amines) is 1. The Bertz CT molecular complexity index is 1590. The number of nitrogens with zero attached hydrogens (tertiary/aromatic N) is 3. The smallest absolute Gasteiger partial charge is 0.309 e. The van der Waals surface area contributed by atoms with Crippen molar-refractivity contribution >= 4 is 45.9 Å². The Labute approximate surface area is 245 Å². The van der Waals surface area contributed by atoms with Crippen LogP contribution in [0.2, 0.25) is 5.02 Å². The predicted molar refractivity (Wildman–Crippen MR) is 159 cm³/mol. The summed E-state index contributed by atoms with van der Waals surface area (Å²) in [7, 11) is 0. The molecule has 1 aliphatic heterocycles. The van der Waals surface area contributed by atoms with Crippen LogP contribution >= 0.6 is 11.6 Å². The third-order valence-corrected chi connectivity index (χ3v) is 8.52. The monoisotopic (exact) mass is 573 g/mol. The summed E-state index contributed by atoms with van der Waals surface area (Å²) < 4.78 is 7.04. The van der Waals surface area contributed by atoms with Gasteiger partial charge in [0.05, 0.1) is 27.7 Å². The second kappa shape index (κ2) is 10.4. The van der Waals surface area contributed by atoms with Crippen molar-refractivity contribution in [3.63, 3.8) is 0 Å². The van der Waals surface area contributed by atoms with Gasteiger partial charge in [-0.15, -0.1) is 0 Å². The molecule has 0 unspecified atom stereocenters. The number of carbonyl (C=O) groups excluding carboxylic acids is 3. The molecule has 2 heterocycles. The standard InChI is InChI=1S/C33H36ClN3O4/c1-19-17-36(18-19)30(38)23-14-15-25-27(16-23)37(31(39)28-24(20-8-9-20)6-5-7-26(28)34)35-29(25)21-10-12-22(13-11-21)32(40)41-33(2,3)4/h5-7,10,14-16,19-20,22H,8-9,11-13,17-18H2,1-4H3/t22-/m1/s1. The Balaban J connectivity index is 1.40. The number of allylic oxidation sites excluding steroid dienone is 2. The van der Waals surface area contributed by atoms with Gasteiger partial charge in [0, 0.05) is 24.0 Å². The average Bonchev–Trinajstić information content (AvgIpc) is 3.69. The van der Waals surface area contributed by atoms with E-state index in [-0.39, 0.29) is 23.7 Å². The minimum Gasteiger partial charge on any atom is -0.460 e. The number of hydrogen-bond donors (Lipinski definition) is 0. The molecule has 2 aromatic carbocycles. The molecule has 41 heavy (non-hydrogen) atoms. The Hall–Kier alpha value is -3.45. The third-order valence-electron chi connectivity index (χ3n) is 8.20. The predicted octanol–water partition coefficient (Wildman–Crippen LogP) is 6.87. The van der Waals surface area contributed by atoms with Crippen molar-refractivity contribution in [2.75, 3.05) is 13.1 Å². The molecule has 1 amide bonds. The largest absolute Gasteiger partial charge is 0.460 e. The molecule has 6 rings (SSSR count). The molecule has 7 nitrogen and oxygen atoms in total.